The minimum absolute atomic E-state index is 0.0278. The summed E-state index contributed by atoms with van der Waals surface area (Å²) in [5, 5.41) is 12.6. The number of benzene rings is 2. The zero-order chi connectivity index (χ0) is 22.4. The molecule has 0 radical (unpaired) electrons. The number of ether oxygens (including phenoxy) is 1. The number of hydrogen-bond donors (Lipinski definition) is 2. The monoisotopic (exact) mass is 468 g/mol. The molecule has 0 saturated carbocycles. The molecule has 2 amide bonds. The average Bonchev–Trinajstić information content (AvgIpc) is 3.19. The first-order valence-electron chi connectivity index (χ1n) is 8.64. The van der Waals surface area contributed by atoms with Gasteiger partial charge in [0.15, 0.2) is 4.34 Å². The van der Waals surface area contributed by atoms with E-state index >= 15 is 0 Å². The second-order valence-corrected chi connectivity index (χ2v) is 8.14. The molecule has 0 unspecified atom stereocenters. The highest BCUT2D eigenvalue weighted by atomic mass is 32.2. The first-order chi connectivity index (χ1) is 14.8. The van der Waals surface area contributed by atoms with Crippen LogP contribution in [0.2, 0.25) is 0 Å². The van der Waals surface area contributed by atoms with E-state index in [0.29, 0.717) is 15.8 Å². The van der Waals surface area contributed by atoms with Gasteiger partial charge in [-0.3, -0.25) is 14.9 Å². The van der Waals surface area contributed by atoms with Gasteiger partial charge in [0.2, 0.25) is 11.0 Å². The van der Waals surface area contributed by atoms with E-state index in [2.05, 4.69) is 20.8 Å². The summed E-state index contributed by atoms with van der Waals surface area (Å²) in [7, 11) is 1.54. The third-order valence-electron chi connectivity index (χ3n) is 3.80. The molecule has 2 N–H and O–H groups in total. The van der Waals surface area contributed by atoms with E-state index in [1.807, 2.05) is 0 Å². The highest BCUT2D eigenvalue weighted by Gasteiger charge is 2.35. The van der Waals surface area contributed by atoms with E-state index in [-0.39, 0.29) is 16.8 Å². The van der Waals surface area contributed by atoms with Crippen molar-refractivity contribution in [1.29, 1.82) is 0 Å². The molecule has 1 aromatic heterocycles. The van der Waals surface area contributed by atoms with Gasteiger partial charge in [-0.15, -0.1) is 10.2 Å². The van der Waals surface area contributed by atoms with Crippen LogP contribution >= 0.6 is 23.1 Å². The van der Waals surface area contributed by atoms with Gasteiger partial charge >= 0.3 is 6.18 Å². The molecule has 2 aromatic carbocycles. The zero-order valence-electron chi connectivity index (χ0n) is 15.9. The van der Waals surface area contributed by atoms with E-state index in [1.54, 1.807) is 24.3 Å². The fourth-order valence-corrected chi connectivity index (χ4v) is 3.96. The fourth-order valence-electron chi connectivity index (χ4n) is 2.41. The Morgan fingerprint density at radius 2 is 1.77 bits per heavy atom. The van der Waals surface area contributed by atoms with Crippen molar-refractivity contribution in [2.75, 3.05) is 23.5 Å². The van der Waals surface area contributed by atoms with Crippen LogP contribution in [0, 0.1) is 0 Å². The minimum Gasteiger partial charge on any atom is -0.497 e. The number of methoxy groups -OCH3 is 1. The van der Waals surface area contributed by atoms with E-state index in [0.717, 1.165) is 35.2 Å². The molecule has 31 heavy (non-hydrogen) atoms. The van der Waals surface area contributed by atoms with Gasteiger partial charge in [0.25, 0.3) is 5.91 Å². The first kappa shape index (κ1) is 22.6. The molecule has 0 bridgehead atoms. The Balaban J connectivity index is 1.56. The summed E-state index contributed by atoms with van der Waals surface area (Å²) in [4.78, 5) is 24.3. The Morgan fingerprint density at radius 1 is 1.06 bits per heavy atom. The van der Waals surface area contributed by atoms with E-state index < -0.39 is 23.2 Å². The van der Waals surface area contributed by atoms with Crippen LogP contribution in [0.15, 0.2) is 52.9 Å². The minimum atomic E-state index is -4.66. The number of carbonyl (C=O) groups excluding carboxylic acids is 2. The highest BCUT2D eigenvalue weighted by molar-refractivity contribution is 8.01. The molecule has 1 heterocycles. The number of nitrogens with one attached hydrogen (secondary N) is 2. The van der Waals surface area contributed by atoms with Crippen molar-refractivity contribution in [3.05, 3.63) is 59.7 Å². The van der Waals surface area contributed by atoms with Crippen LogP contribution in [-0.2, 0) is 11.0 Å². The standard InChI is InChI=1S/C19H15F3N4O3S2/c1-29-12-8-6-11(7-9-12)23-15(27)10-30-18-26-25-17(31-18)24-16(28)13-4-2-3-5-14(13)19(20,21)22/h2-9H,10H2,1H3,(H,23,27)(H,24,25,28). The normalized spacial score (nSPS) is 11.1. The number of aromatic nitrogens is 2. The molecule has 0 aliphatic carbocycles. The second-order valence-electron chi connectivity index (χ2n) is 5.94. The van der Waals surface area contributed by atoms with Gasteiger partial charge in [-0.2, -0.15) is 13.2 Å². The molecule has 0 atom stereocenters. The Morgan fingerprint density at radius 3 is 2.45 bits per heavy atom. The number of rotatable bonds is 7. The molecular weight excluding hydrogens is 453 g/mol. The van der Waals surface area contributed by atoms with Crippen molar-refractivity contribution >= 4 is 45.7 Å². The topological polar surface area (TPSA) is 93.2 Å². The maximum Gasteiger partial charge on any atom is 0.417 e. The number of amides is 2. The SMILES string of the molecule is COc1ccc(NC(=O)CSc2nnc(NC(=O)c3ccccc3C(F)(F)F)s2)cc1. The zero-order valence-corrected chi connectivity index (χ0v) is 17.5. The summed E-state index contributed by atoms with van der Waals surface area (Å²) in [6.07, 6.45) is -4.66. The number of anilines is 2. The Hall–Kier alpha value is -3.12. The lowest BCUT2D eigenvalue weighted by Crippen LogP contribution is -2.18. The highest BCUT2D eigenvalue weighted by Crippen LogP contribution is 2.32. The van der Waals surface area contributed by atoms with Crippen LogP contribution < -0.4 is 15.4 Å². The van der Waals surface area contributed by atoms with Crippen LogP contribution in [0.1, 0.15) is 15.9 Å². The summed E-state index contributed by atoms with van der Waals surface area (Å²) in [5.74, 6) is -0.535. The summed E-state index contributed by atoms with van der Waals surface area (Å²) in [6.45, 7) is 0. The molecule has 12 heteroatoms. The first-order valence-corrected chi connectivity index (χ1v) is 10.4. The molecular formula is C19H15F3N4O3S2. The van der Waals surface area contributed by atoms with Crippen LogP contribution in [-0.4, -0.2) is 34.9 Å². The van der Waals surface area contributed by atoms with Gasteiger partial charge in [0.1, 0.15) is 5.75 Å². The number of halogens is 3. The van der Waals surface area contributed by atoms with Crippen LogP contribution in [0.3, 0.4) is 0 Å². The van der Waals surface area contributed by atoms with Crippen molar-refractivity contribution in [3.8, 4) is 5.75 Å². The summed E-state index contributed by atoms with van der Waals surface area (Å²) in [5.41, 5.74) is -0.958. The Kier molecular flexibility index (Phi) is 7.13. The molecule has 0 aliphatic rings. The van der Waals surface area contributed by atoms with Gasteiger partial charge < -0.3 is 10.1 Å². The average molecular weight is 468 g/mol. The molecule has 0 spiro atoms. The molecule has 0 saturated heterocycles. The van der Waals surface area contributed by atoms with Gasteiger partial charge in [0, 0.05) is 5.69 Å². The molecule has 0 aliphatic heterocycles. The lowest BCUT2D eigenvalue weighted by Gasteiger charge is -2.11. The Bertz CT molecular complexity index is 1070. The second kappa shape index (κ2) is 9.79. The van der Waals surface area contributed by atoms with Crippen molar-refractivity contribution in [2.24, 2.45) is 0 Å². The fraction of sp³-hybridized carbons (Fsp3) is 0.158. The predicted molar refractivity (Wildman–Crippen MR) is 112 cm³/mol. The molecule has 7 nitrogen and oxygen atoms in total. The third kappa shape index (κ3) is 6.18. The van der Waals surface area contributed by atoms with Crippen molar-refractivity contribution in [2.45, 2.75) is 10.5 Å². The van der Waals surface area contributed by atoms with Crippen molar-refractivity contribution in [1.82, 2.24) is 10.2 Å². The van der Waals surface area contributed by atoms with Gasteiger partial charge in [0.05, 0.1) is 24.0 Å². The quantitative estimate of drug-likeness (QED) is 0.390. The summed E-state index contributed by atoms with van der Waals surface area (Å²) in [6, 6.07) is 11.3. The molecule has 3 rings (SSSR count). The predicted octanol–water partition coefficient (Wildman–Crippen LogP) is 4.55. The maximum absolute atomic E-state index is 13.1. The lowest BCUT2D eigenvalue weighted by molar-refractivity contribution is -0.137. The van der Waals surface area contributed by atoms with Gasteiger partial charge in [-0.1, -0.05) is 35.2 Å². The van der Waals surface area contributed by atoms with Crippen molar-refractivity contribution in [3.63, 3.8) is 0 Å². The molecule has 162 valence electrons. The smallest absolute Gasteiger partial charge is 0.417 e. The van der Waals surface area contributed by atoms with Crippen LogP contribution in [0.4, 0.5) is 24.0 Å². The van der Waals surface area contributed by atoms with Crippen molar-refractivity contribution < 1.29 is 27.5 Å². The van der Waals surface area contributed by atoms with Crippen LogP contribution in [0.25, 0.3) is 0 Å². The number of alkyl halides is 3. The number of carbonyl (C=O) groups is 2. The maximum atomic E-state index is 13.1. The third-order valence-corrected chi connectivity index (χ3v) is 5.78. The summed E-state index contributed by atoms with van der Waals surface area (Å²) < 4.78 is 44.6. The Labute approximate surface area is 183 Å². The van der Waals surface area contributed by atoms with Crippen LogP contribution in [0.5, 0.6) is 5.75 Å². The van der Waals surface area contributed by atoms with E-state index in [9.17, 15) is 22.8 Å². The van der Waals surface area contributed by atoms with E-state index in [1.165, 1.54) is 19.2 Å². The number of nitrogens with zero attached hydrogens (tertiary/aromatic N) is 2. The summed E-state index contributed by atoms with van der Waals surface area (Å²) >= 11 is 2.04. The largest absolute Gasteiger partial charge is 0.497 e. The van der Waals surface area contributed by atoms with Gasteiger partial charge in [-0.05, 0) is 36.4 Å². The van der Waals surface area contributed by atoms with Gasteiger partial charge in [-0.25, -0.2) is 0 Å². The number of thioether (sulfide) groups is 1. The van der Waals surface area contributed by atoms with E-state index in [4.69, 9.17) is 4.74 Å². The molecule has 0 fully saturated rings. The number of hydrogen-bond acceptors (Lipinski definition) is 7. The molecule has 3 aromatic rings. The lowest BCUT2D eigenvalue weighted by atomic mass is 10.1.